The molecule has 0 heterocycles. The summed E-state index contributed by atoms with van der Waals surface area (Å²) in [6.07, 6.45) is 17.4. The van der Waals surface area contributed by atoms with Crippen molar-refractivity contribution in [2.45, 2.75) is 135 Å². The molecule has 1 heteroatoms. The third-order valence-corrected chi connectivity index (χ3v) is 10.7. The molecule has 3 atom stereocenters. The van der Waals surface area contributed by atoms with Gasteiger partial charge in [-0.05, 0) is 0 Å². The Balaban J connectivity index is 4.50. The van der Waals surface area contributed by atoms with Crippen molar-refractivity contribution in [1.82, 2.24) is 0 Å². The van der Waals surface area contributed by atoms with Crippen molar-refractivity contribution in [3.8, 4) is 0 Å². The maximum absolute atomic E-state index is 2.61. The third-order valence-electron chi connectivity index (χ3n) is 5.76. The van der Waals surface area contributed by atoms with Gasteiger partial charge in [-0.3, -0.25) is 0 Å². The predicted octanol–water partition coefficient (Wildman–Crippen LogP) is 8.12. The molecule has 0 aromatic rings. The van der Waals surface area contributed by atoms with E-state index in [1.165, 1.54) is 77.0 Å². The highest BCUT2D eigenvalue weighted by atomic mass is 28.3. The zero-order chi connectivity index (χ0) is 16.8. The van der Waals surface area contributed by atoms with Crippen molar-refractivity contribution in [3.05, 3.63) is 0 Å². The third kappa shape index (κ3) is 10.1. The zero-order valence-electron chi connectivity index (χ0n) is 16.8. The van der Waals surface area contributed by atoms with Crippen LogP contribution in [0, 0.1) is 0 Å². The summed E-state index contributed by atoms with van der Waals surface area (Å²) in [5, 5.41) is 0. The molecule has 0 aromatic carbocycles. The normalized spacial score (nSPS) is 17.2. The van der Waals surface area contributed by atoms with Crippen LogP contribution in [0.15, 0.2) is 0 Å². The molecule has 134 valence electrons. The average molecular weight is 327 g/mol. The topological polar surface area (TPSA) is 0 Å². The van der Waals surface area contributed by atoms with Crippen molar-refractivity contribution in [2.75, 3.05) is 0 Å². The Kier molecular flexibility index (Phi) is 14.9. The van der Waals surface area contributed by atoms with Crippen molar-refractivity contribution >= 4 is 8.80 Å². The lowest BCUT2D eigenvalue weighted by Gasteiger charge is -2.34. The van der Waals surface area contributed by atoms with E-state index in [1.807, 2.05) is 0 Å². The second kappa shape index (κ2) is 14.8. The molecule has 0 amide bonds. The molecular weight excluding hydrogens is 280 g/mol. The lowest BCUT2D eigenvalue weighted by molar-refractivity contribution is 0.587. The number of rotatable bonds is 15. The summed E-state index contributed by atoms with van der Waals surface area (Å²) in [6.45, 7) is 14.8. The molecule has 0 saturated heterocycles. The zero-order valence-corrected chi connectivity index (χ0v) is 17.9. The summed E-state index contributed by atoms with van der Waals surface area (Å²) >= 11 is 0. The first-order chi connectivity index (χ1) is 10.6. The Labute approximate surface area is 144 Å². The summed E-state index contributed by atoms with van der Waals surface area (Å²) in [5.41, 5.74) is 3.17. The Hall–Kier alpha value is 0.217. The second-order valence-electron chi connectivity index (χ2n) is 8.00. The van der Waals surface area contributed by atoms with Gasteiger partial charge in [0, 0.05) is 8.80 Å². The molecular formula is C21H46Si. The molecule has 0 aliphatic rings. The molecule has 3 unspecified atom stereocenters. The van der Waals surface area contributed by atoms with Gasteiger partial charge in [-0.15, -0.1) is 0 Å². The summed E-state index contributed by atoms with van der Waals surface area (Å²) in [6, 6.07) is 0. The molecule has 22 heavy (non-hydrogen) atoms. The molecule has 0 bridgehead atoms. The Morgan fingerprint density at radius 1 is 0.500 bits per heavy atom. The van der Waals surface area contributed by atoms with Crippen molar-refractivity contribution in [2.24, 2.45) is 0 Å². The lowest BCUT2D eigenvalue weighted by Crippen LogP contribution is -2.29. The van der Waals surface area contributed by atoms with Gasteiger partial charge in [0.15, 0.2) is 0 Å². The first-order valence-corrected chi connectivity index (χ1v) is 12.6. The van der Waals surface area contributed by atoms with Crippen LogP contribution < -0.4 is 0 Å². The Bertz CT molecular complexity index is 188. The molecule has 0 radical (unpaired) electrons. The summed E-state index contributed by atoms with van der Waals surface area (Å²) in [4.78, 5) is 0. The molecule has 0 fully saturated rings. The molecule has 0 N–H and O–H groups in total. The predicted molar refractivity (Wildman–Crippen MR) is 108 cm³/mol. The van der Waals surface area contributed by atoms with Crippen LogP contribution in [0.5, 0.6) is 0 Å². The molecule has 0 aliphatic heterocycles. The minimum Gasteiger partial charge on any atom is -0.0654 e. The Morgan fingerprint density at radius 3 is 1.00 bits per heavy atom. The molecule has 0 spiro atoms. The fourth-order valence-electron chi connectivity index (χ4n) is 4.41. The average Bonchev–Trinajstić information content (AvgIpc) is 2.48. The van der Waals surface area contributed by atoms with Gasteiger partial charge in [0.25, 0.3) is 0 Å². The van der Waals surface area contributed by atoms with Gasteiger partial charge >= 0.3 is 0 Å². The second-order valence-corrected chi connectivity index (χ2v) is 12.6. The number of unbranched alkanes of at least 4 members (excludes halogenated alkanes) is 6. The van der Waals surface area contributed by atoms with E-state index in [9.17, 15) is 0 Å². The van der Waals surface area contributed by atoms with E-state index in [0.29, 0.717) is 0 Å². The van der Waals surface area contributed by atoms with Gasteiger partial charge in [-0.1, -0.05) is 135 Å². The maximum Gasteiger partial charge on any atom is 0.0453 e. The van der Waals surface area contributed by atoms with Crippen molar-refractivity contribution < 1.29 is 0 Å². The van der Waals surface area contributed by atoms with Gasteiger partial charge in [0.2, 0.25) is 0 Å². The molecule has 0 rings (SSSR count). The fraction of sp³-hybridized carbons (Fsp3) is 1.00. The summed E-state index contributed by atoms with van der Waals surface area (Å²) in [7, 11) is -0.644. The Morgan fingerprint density at radius 2 is 0.773 bits per heavy atom. The SMILES string of the molecule is CCCCCC(C)[SiH](C(C)CCCCC)C(C)CCCCC. The molecule has 0 nitrogen and oxygen atoms in total. The maximum atomic E-state index is 2.61. The minimum absolute atomic E-state index is 0.644. The summed E-state index contributed by atoms with van der Waals surface area (Å²) in [5.74, 6) is 0. The van der Waals surface area contributed by atoms with Crippen molar-refractivity contribution in [3.63, 3.8) is 0 Å². The van der Waals surface area contributed by atoms with E-state index in [2.05, 4.69) is 41.5 Å². The monoisotopic (exact) mass is 326 g/mol. The van der Waals surface area contributed by atoms with Gasteiger partial charge in [0.05, 0.1) is 0 Å². The first-order valence-electron chi connectivity index (χ1n) is 10.6. The summed E-state index contributed by atoms with van der Waals surface area (Å²) < 4.78 is 0. The smallest absolute Gasteiger partial charge is 0.0453 e. The van der Waals surface area contributed by atoms with Crippen molar-refractivity contribution in [1.29, 1.82) is 0 Å². The van der Waals surface area contributed by atoms with Gasteiger partial charge in [-0.2, -0.15) is 0 Å². The number of hydrogen-bond donors (Lipinski definition) is 0. The van der Waals surface area contributed by atoms with Crippen LogP contribution in [0.2, 0.25) is 16.6 Å². The largest absolute Gasteiger partial charge is 0.0654 e. The van der Waals surface area contributed by atoms with E-state index in [-0.39, 0.29) is 0 Å². The van der Waals surface area contributed by atoms with Crippen LogP contribution in [0.3, 0.4) is 0 Å². The number of hydrogen-bond acceptors (Lipinski definition) is 0. The van der Waals surface area contributed by atoms with Crippen LogP contribution in [0.1, 0.15) is 119 Å². The van der Waals surface area contributed by atoms with Gasteiger partial charge in [-0.25, -0.2) is 0 Å². The van der Waals surface area contributed by atoms with Crippen LogP contribution in [-0.2, 0) is 0 Å². The van der Waals surface area contributed by atoms with Crippen LogP contribution in [-0.4, -0.2) is 8.80 Å². The van der Waals surface area contributed by atoms with E-state index >= 15 is 0 Å². The van der Waals surface area contributed by atoms with Crippen LogP contribution >= 0.6 is 0 Å². The van der Waals surface area contributed by atoms with Crippen LogP contribution in [0.4, 0.5) is 0 Å². The van der Waals surface area contributed by atoms with E-state index in [1.54, 1.807) is 0 Å². The van der Waals surface area contributed by atoms with E-state index in [4.69, 9.17) is 0 Å². The van der Waals surface area contributed by atoms with Crippen LogP contribution in [0.25, 0.3) is 0 Å². The van der Waals surface area contributed by atoms with E-state index < -0.39 is 8.80 Å². The standard InChI is InChI=1S/C21H46Si/c1-7-10-13-16-19(4)22(20(5)17-14-11-8-2)21(6)18-15-12-9-3/h19-22H,7-18H2,1-6H3. The van der Waals surface area contributed by atoms with Gasteiger partial charge < -0.3 is 0 Å². The van der Waals surface area contributed by atoms with Gasteiger partial charge in [0.1, 0.15) is 0 Å². The fourth-order valence-corrected chi connectivity index (χ4v) is 9.64. The lowest BCUT2D eigenvalue weighted by atomic mass is 10.1. The first kappa shape index (κ1) is 22.2. The highest BCUT2D eigenvalue weighted by molar-refractivity contribution is 6.63. The van der Waals surface area contributed by atoms with E-state index in [0.717, 1.165) is 16.6 Å². The highest BCUT2D eigenvalue weighted by Gasteiger charge is 2.29. The quantitative estimate of drug-likeness (QED) is 0.210. The molecule has 0 saturated carbocycles. The molecule has 0 aromatic heterocycles. The minimum atomic E-state index is -0.644. The molecule has 0 aliphatic carbocycles. The highest BCUT2D eigenvalue weighted by Crippen LogP contribution is 2.38.